The minimum atomic E-state index is -4.26. The molecule has 1 aromatic heterocycles. The number of carbonyl (C=O) groups is 1. The summed E-state index contributed by atoms with van der Waals surface area (Å²) in [6, 6.07) is 8.45. The zero-order valence-corrected chi connectivity index (χ0v) is 12.3. The van der Waals surface area contributed by atoms with Gasteiger partial charge < -0.3 is 10.2 Å². The summed E-state index contributed by atoms with van der Waals surface area (Å²) in [5.74, 6) is -1.45. The lowest BCUT2D eigenvalue weighted by molar-refractivity contribution is -0.183. The zero-order chi connectivity index (χ0) is 16.4. The summed E-state index contributed by atoms with van der Waals surface area (Å²) in [6.07, 6.45) is -2.23. The summed E-state index contributed by atoms with van der Waals surface area (Å²) in [5.41, 5.74) is 1.12. The van der Waals surface area contributed by atoms with E-state index in [0.717, 1.165) is 5.39 Å². The van der Waals surface area contributed by atoms with Gasteiger partial charge in [0.25, 0.3) is 0 Å². The Kier molecular flexibility index (Phi) is 4.11. The van der Waals surface area contributed by atoms with Crippen molar-refractivity contribution in [2.24, 2.45) is 5.92 Å². The number of hydrogen-bond acceptors (Lipinski definition) is 2. The van der Waals surface area contributed by atoms with Crippen LogP contribution in [0, 0.1) is 5.92 Å². The molecule has 1 saturated heterocycles. The summed E-state index contributed by atoms with van der Waals surface area (Å²) in [5, 5.41) is 3.54. The van der Waals surface area contributed by atoms with E-state index < -0.39 is 18.1 Å². The molecule has 1 fully saturated rings. The highest BCUT2D eigenvalue weighted by molar-refractivity contribution is 5.99. The first-order chi connectivity index (χ1) is 10.9. The number of hydrogen-bond donors (Lipinski definition) is 1. The number of anilines is 1. The number of amides is 2. The molecule has 4 nitrogen and oxygen atoms in total. The quantitative estimate of drug-likeness (QED) is 0.861. The number of pyridine rings is 1. The lowest BCUT2D eigenvalue weighted by Crippen LogP contribution is -2.46. The van der Waals surface area contributed by atoms with Gasteiger partial charge in [-0.3, -0.25) is 4.98 Å². The summed E-state index contributed by atoms with van der Waals surface area (Å²) < 4.78 is 38.5. The van der Waals surface area contributed by atoms with Crippen LogP contribution in [0.15, 0.2) is 36.5 Å². The molecule has 1 N–H and O–H groups in total. The molecule has 1 aliphatic heterocycles. The van der Waals surface area contributed by atoms with E-state index in [-0.39, 0.29) is 13.0 Å². The van der Waals surface area contributed by atoms with Crippen LogP contribution in [0.2, 0.25) is 0 Å². The minimum absolute atomic E-state index is 0.0725. The van der Waals surface area contributed by atoms with Gasteiger partial charge in [-0.2, -0.15) is 13.2 Å². The first-order valence-electron chi connectivity index (χ1n) is 7.41. The fraction of sp³-hybridized carbons (Fsp3) is 0.375. The van der Waals surface area contributed by atoms with Gasteiger partial charge >= 0.3 is 12.2 Å². The fourth-order valence-corrected chi connectivity index (χ4v) is 2.83. The second-order valence-electron chi connectivity index (χ2n) is 5.64. The van der Waals surface area contributed by atoms with E-state index in [9.17, 15) is 18.0 Å². The summed E-state index contributed by atoms with van der Waals surface area (Å²) >= 11 is 0. The third-order valence-corrected chi connectivity index (χ3v) is 4.05. The van der Waals surface area contributed by atoms with Crippen LogP contribution in [-0.2, 0) is 0 Å². The van der Waals surface area contributed by atoms with Crippen molar-refractivity contribution in [1.82, 2.24) is 9.88 Å². The first kappa shape index (κ1) is 15.6. The zero-order valence-electron chi connectivity index (χ0n) is 12.3. The van der Waals surface area contributed by atoms with Crippen LogP contribution >= 0.6 is 0 Å². The van der Waals surface area contributed by atoms with Crippen molar-refractivity contribution < 1.29 is 18.0 Å². The van der Waals surface area contributed by atoms with E-state index in [4.69, 9.17) is 0 Å². The Bertz CT molecular complexity index is 712. The lowest BCUT2D eigenvalue weighted by Gasteiger charge is -2.33. The molecule has 1 atom stereocenters. The molecule has 3 rings (SSSR count). The molecule has 0 radical (unpaired) electrons. The van der Waals surface area contributed by atoms with Gasteiger partial charge in [-0.05, 0) is 25.0 Å². The van der Waals surface area contributed by atoms with Crippen molar-refractivity contribution in [3.05, 3.63) is 36.5 Å². The molecule has 0 bridgehead atoms. The molecule has 1 aliphatic rings. The van der Waals surface area contributed by atoms with Crippen LogP contribution in [0.1, 0.15) is 12.8 Å². The molecule has 7 heteroatoms. The molecule has 0 spiro atoms. The Morgan fingerprint density at radius 3 is 2.83 bits per heavy atom. The Labute approximate surface area is 131 Å². The van der Waals surface area contributed by atoms with Crippen molar-refractivity contribution in [2.75, 3.05) is 18.4 Å². The molecule has 0 unspecified atom stereocenters. The fourth-order valence-electron chi connectivity index (χ4n) is 2.83. The van der Waals surface area contributed by atoms with Gasteiger partial charge in [0, 0.05) is 24.7 Å². The number of piperidine rings is 1. The van der Waals surface area contributed by atoms with Gasteiger partial charge in [-0.25, -0.2) is 4.79 Å². The third kappa shape index (κ3) is 3.38. The maximum Gasteiger partial charge on any atom is 0.393 e. The molecule has 2 aromatic rings. The molecule has 122 valence electrons. The molecule has 1 aromatic carbocycles. The monoisotopic (exact) mass is 323 g/mol. The summed E-state index contributed by atoms with van der Waals surface area (Å²) in [4.78, 5) is 17.7. The van der Waals surface area contributed by atoms with Gasteiger partial charge in [0.15, 0.2) is 0 Å². The lowest BCUT2D eigenvalue weighted by atomic mass is 9.98. The maximum atomic E-state index is 12.8. The van der Waals surface area contributed by atoms with Gasteiger partial charge in [-0.1, -0.05) is 18.2 Å². The normalized spacial score (nSPS) is 18.9. The maximum absolute atomic E-state index is 12.8. The van der Waals surface area contributed by atoms with Crippen LogP contribution in [0.4, 0.5) is 23.7 Å². The van der Waals surface area contributed by atoms with Crippen molar-refractivity contribution in [1.29, 1.82) is 0 Å². The van der Waals surface area contributed by atoms with E-state index in [1.165, 1.54) is 4.90 Å². The number of nitrogens with one attached hydrogen (secondary N) is 1. The average molecular weight is 323 g/mol. The van der Waals surface area contributed by atoms with E-state index in [1.807, 2.05) is 12.1 Å². The van der Waals surface area contributed by atoms with Gasteiger partial charge in [0.05, 0.1) is 17.1 Å². The van der Waals surface area contributed by atoms with Crippen molar-refractivity contribution in [3.63, 3.8) is 0 Å². The SMILES string of the molecule is O=C(Nc1cccc2cccnc12)N1CCC[C@H](C(F)(F)F)C1. The number of rotatable bonds is 1. The molecule has 0 saturated carbocycles. The van der Waals surface area contributed by atoms with Crippen molar-refractivity contribution in [2.45, 2.75) is 19.0 Å². The molecule has 0 aliphatic carbocycles. The van der Waals surface area contributed by atoms with E-state index in [2.05, 4.69) is 10.3 Å². The average Bonchev–Trinajstić information content (AvgIpc) is 2.54. The standard InChI is InChI=1S/C16H16F3N3O/c17-16(18,19)12-6-3-9-22(10-12)15(23)21-13-7-1-4-11-5-2-8-20-14(11)13/h1-2,4-5,7-8,12H,3,6,9-10H2,(H,21,23)/t12-/m0/s1. The summed E-state index contributed by atoms with van der Waals surface area (Å²) in [6.45, 7) is 0.0319. The topological polar surface area (TPSA) is 45.2 Å². The molecule has 2 amide bonds. The number of urea groups is 1. The number of likely N-dealkylation sites (tertiary alicyclic amines) is 1. The highest BCUT2D eigenvalue weighted by Gasteiger charge is 2.42. The predicted molar refractivity (Wildman–Crippen MR) is 81.1 cm³/mol. The van der Waals surface area contributed by atoms with Gasteiger partial charge in [0.1, 0.15) is 0 Å². The number of para-hydroxylation sites is 1. The Hall–Kier alpha value is -2.31. The molecule has 23 heavy (non-hydrogen) atoms. The Balaban J connectivity index is 1.76. The van der Waals surface area contributed by atoms with Crippen molar-refractivity contribution >= 4 is 22.6 Å². The molecular weight excluding hydrogens is 307 g/mol. The second-order valence-corrected chi connectivity index (χ2v) is 5.64. The van der Waals surface area contributed by atoms with E-state index in [1.54, 1.807) is 24.4 Å². The third-order valence-electron chi connectivity index (χ3n) is 4.05. The number of aromatic nitrogens is 1. The number of benzene rings is 1. The number of fused-ring (bicyclic) bond motifs is 1. The Morgan fingerprint density at radius 2 is 2.04 bits per heavy atom. The van der Waals surface area contributed by atoms with Gasteiger partial charge in [0.2, 0.25) is 0 Å². The van der Waals surface area contributed by atoms with E-state index in [0.29, 0.717) is 24.2 Å². The molecular formula is C16H16F3N3O. The van der Waals surface area contributed by atoms with Crippen molar-refractivity contribution in [3.8, 4) is 0 Å². The highest BCUT2D eigenvalue weighted by Crippen LogP contribution is 2.33. The second kappa shape index (κ2) is 6.06. The van der Waals surface area contributed by atoms with E-state index >= 15 is 0 Å². The number of alkyl halides is 3. The molecule has 2 heterocycles. The first-order valence-corrected chi connectivity index (χ1v) is 7.41. The van der Waals surface area contributed by atoms with Crippen LogP contribution in [-0.4, -0.2) is 35.2 Å². The van der Waals surface area contributed by atoms with Crippen LogP contribution in [0.25, 0.3) is 10.9 Å². The Morgan fingerprint density at radius 1 is 1.26 bits per heavy atom. The number of halogens is 3. The number of nitrogens with zero attached hydrogens (tertiary/aromatic N) is 2. The number of carbonyl (C=O) groups excluding carboxylic acids is 1. The largest absolute Gasteiger partial charge is 0.393 e. The predicted octanol–water partition coefficient (Wildman–Crippen LogP) is 4.04. The highest BCUT2D eigenvalue weighted by atomic mass is 19.4. The summed E-state index contributed by atoms with van der Waals surface area (Å²) in [7, 11) is 0. The van der Waals surface area contributed by atoms with Crippen LogP contribution < -0.4 is 5.32 Å². The van der Waals surface area contributed by atoms with Crippen LogP contribution in [0.5, 0.6) is 0 Å². The van der Waals surface area contributed by atoms with Crippen LogP contribution in [0.3, 0.4) is 0 Å². The van der Waals surface area contributed by atoms with Gasteiger partial charge in [-0.15, -0.1) is 0 Å². The smallest absolute Gasteiger partial charge is 0.324 e. The minimum Gasteiger partial charge on any atom is -0.324 e.